The Kier molecular flexibility index (Phi) is 6.83. The molecule has 0 bridgehead atoms. The highest BCUT2D eigenvalue weighted by Gasteiger charge is 2.13. The average Bonchev–Trinajstić information content (AvgIpc) is 2.82. The summed E-state index contributed by atoms with van der Waals surface area (Å²) in [5, 5.41) is 2.41. The first kappa shape index (κ1) is 22.0. The number of aromatic nitrogens is 1. The molecule has 32 heavy (non-hydrogen) atoms. The van der Waals surface area contributed by atoms with Crippen molar-refractivity contribution in [3.63, 3.8) is 0 Å². The van der Waals surface area contributed by atoms with E-state index in [2.05, 4.69) is 41.1 Å². The van der Waals surface area contributed by atoms with Gasteiger partial charge in [0.25, 0.3) is 0 Å². The maximum Gasteiger partial charge on any atom is 0.246 e. The molecule has 6 nitrogen and oxygen atoms in total. The number of amides is 1. The van der Waals surface area contributed by atoms with Crippen LogP contribution in [0.3, 0.4) is 0 Å². The Morgan fingerprint density at radius 1 is 1.16 bits per heavy atom. The Morgan fingerprint density at radius 3 is 2.69 bits per heavy atom. The molecule has 3 aromatic rings. The fourth-order valence-corrected chi connectivity index (χ4v) is 4.04. The number of fused-ring (bicyclic) bond motifs is 1. The minimum absolute atomic E-state index is 0.0544. The number of nitrogen functional groups attached to an aromatic ring is 1. The van der Waals surface area contributed by atoms with E-state index in [4.69, 9.17) is 10.5 Å². The number of carbonyl (C=O) groups is 1. The van der Waals surface area contributed by atoms with Gasteiger partial charge in [0.15, 0.2) is 0 Å². The Morgan fingerprint density at radius 2 is 1.91 bits per heavy atom. The van der Waals surface area contributed by atoms with E-state index in [1.165, 1.54) is 16.3 Å². The van der Waals surface area contributed by atoms with Crippen LogP contribution >= 0.6 is 0 Å². The van der Waals surface area contributed by atoms with E-state index < -0.39 is 0 Å². The monoisotopic (exact) mass is 430 g/mol. The number of rotatable bonds is 6. The first-order valence-corrected chi connectivity index (χ1v) is 11.0. The van der Waals surface area contributed by atoms with Crippen molar-refractivity contribution in [2.75, 3.05) is 39.1 Å². The molecule has 0 radical (unpaired) electrons. The predicted molar refractivity (Wildman–Crippen MR) is 129 cm³/mol. The number of morpholine rings is 1. The Hall–Kier alpha value is -3.22. The molecule has 166 valence electrons. The van der Waals surface area contributed by atoms with E-state index in [-0.39, 0.29) is 5.91 Å². The summed E-state index contributed by atoms with van der Waals surface area (Å²) < 4.78 is 5.41. The van der Waals surface area contributed by atoms with Crippen molar-refractivity contribution >= 4 is 28.6 Å². The van der Waals surface area contributed by atoms with Crippen LogP contribution in [0.1, 0.15) is 22.3 Å². The summed E-state index contributed by atoms with van der Waals surface area (Å²) in [7, 11) is 1.83. The first-order chi connectivity index (χ1) is 15.5. The number of carbonyl (C=O) groups excluding carboxylic acids is 1. The largest absolute Gasteiger partial charge is 0.383 e. The molecule has 0 aliphatic carbocycles. The molecule has 0 unspecified atom stereocenters. The molecule has 0 atom stereocenters. The lowest BCUT2D eigenvalue weighted by atomic mass is 10.00. The Balaban J connectivity index is 1.44. The van der Waals surface area contributed by atoms with Gasteiger partial charge in [-0.3, -0.25) is 9.69 Å². The number of hydrogen-bond acceptors (Lipinski definition) is 5. The highest BCUT2D eigenvalue weighted by atomic mass is 16.5. The van der Waals surface area contributed by atoms with Gasteiger partial charge in [-0.05, 0) is 46.5 Å². The zero-order chi connectivity index (χ0) is 22.5. The van der Waals surface area contributed by atoms with Crippen molar-refractivity contribution in [3.05, 3.63) is 77.0 Å². The lowest BCUT2D eigenvalue weighted by Gasteiger charge is -2.26. The van der Waals surface area contributed by atoms with Gasteiger partial charge in [0.2, 0.25) is 5.91 Å². The normalized spacial score (nSPS) is 14.8. The summed E-state index contributed by atoms with van der Waals surface area (Å²) in [5.74, 6) is 0.476. The zero-order valence-electron chi connectivity index (χ0n) is 18.8. The van der Waals surface area contributed by atoms with Crippen molar-refractivity contribution in [3.8, 4) is 0 Å². The minimum Gasteiger partial charge on any atom is -0.383 e. The third-order valence-corrected chi connectivity index (χ3v) is 5.95. The quantitative estimate of drug-likeness (QED) is 0.605. The van der Waals surface area contributed by atoms with Crippen LogP contribution in [0, 0.1) is 6.92 Å². The van der Waals surface area contributed by atoms with Crippen LogP contribution in [-0.4, -0.2) is 54.0 Å². The SMILES string of the molecule is Cc1ccc(CN(C)C(=O)/C=C/c2cnc(N)c(CN3CCOCC3)c2)c2ccccc12. The maximum atomic E-state index is 12.8. The van der Waals surface area contributed by atoms with Gasteiger partial charge < -0.3 is 15.4 Å². The number of anilines is 1. The summed E-state index contributed by atoms with van der Waals surface area (Å²) >= 11 is 0. The van der Waals surface area contributed by atoms with E-state index in [9.17, 15) is 4.79 Å². The molecule has 2 heterocycles. The lowest BCUT2D eigenvalue weighted by Crippen LogP contribution is -2.35. The molecule has 2 aromatic carbocycles. The van der Waals surface area contributed by atoms with Crippen molar-refractivity contribution in [1.29, 1.82) is 0 Å². The standard InChI is InChI=1S/C26H30N4O2/c1-19-7-9-21(24-6-4-3-5-23(19)24)17-29(2)25(31)10-8-20-15-22(26(27)28-16-20)18-30-11-13-32-14-12-30/h3-10,15-16H,11-14,17-18H2,1-2H3,(H2,27,28)/b10-8+. The summed E-state index contributed by atoms with van der Waals surface area (Å²) in [6.07, 6.45) is 5.11. The summed E-state index contributed by atoms with van der Waals surface area (Å²) in [4.78, 5) is 21.1. The second-order valence-electron chi connectivity index (χ2n) is 8.32. The summed E-state index contributed by atoms with van der Waals surface area (Å²) in [6, 6.07) is 14.5. The molecule has 1 aromatic heterocycles. The van der Waals surface area contributed by atoms with Crippen LogP contribution in [-0.2, 0) is 22.6 Å². The Labute approximate surface area is 189 Å². The van der Waals surface area contributed by atoms with Crippen LogP contribution in [0.15, 0.2) is 54.7 Å². The van der Waals surface area contributed by atoms with Gasteiger partial charge in [0.05, 0.1) is 13.2 Å². The van der Waals surface area contributed by atoms with E-state index in [1.54, 1.807) is 23.2 Å². The topological polar surface area (TPSA) is 71.7 Å². The molecule has 0 saturated carbocycles. The van der Waals surface area contributed by atoms with E-state index in [0.717, 1.165) is 49.5 Å². The van der Waals surface area contributed by atoms with Crippen LogP contribution in [0.25, 0.3) is 16.8 Å². The zero-order valence-corrected chi connectivity index (χ0v) is 18.8. The number of nitrogens with two attached hydrogens (primary N) is 1. The van der Waals surface area contributed by atoms with Crippen LogP contribution < -0.4 is 5.73 Å². The van der Waals surface area contributed by atoms with Gasteiger partial charge >= 0.3 is 0 Å². The van der Waals surface area contributed by atoms with Gasteiger partial charge in [0.1, 0.15) is 5.82 Å². The number of hydrogen-bond donors (Lipinski definition) is 1. The Bertz CT molecular complexity index is 1140. The van der Waals surface area contributed by atoms with Crippen LogP contribution in [0.2, 0.25) is 0 Å². The smallest absolute Gasteiger partial charge is 0.246 e. The molecule has 6 heteroatoms. The van der Waals surface area contributed by atoms with Gasteiger partial charge in [0, 0.05) is 51.1 Å². The van der Waals surface area contributed by atoms with Crippen molar-refractivity contribution in [2.24, 2.45) is 0 Å². The van der Waals surface area contributed by atoms with Crippen LogP contribution in [0.4, 0.5) is 5.82 Å². The highest BCUT2D eigenvalue weighted by Crippen LogP contribution is 2.23. The molecular weight excluding hydrogens is 400 g/mol. The maximum absolute atomic E-state index is 12.8. The first-order valence-electron chi connectivity index (χ1n) is 11.0. The van der Waals surface area contributed by atoms with Gasteiger partial charge in [-0.15, -0.1) is 0 Å². The van der Waals surface area contributed by atoms with Gasteiger partial charge in [-0.25, -0.2) is 4.98 Å². The number of pyridine rings is 1. The fraction of sp³-hybridized carbons (Fsp3) is 0.308. The molecule has 1 saturated heterocycles. The average molecular weight is 431 g/mol. The highest BCUT2D eigenvalue weighted by molar-refractivity contribution is 5.92. The van der Waals surface area contributed by atoms with Crippen molar-refractivity contribution < 1.29 is 9.53 Å². The number of likely N-dealkylation sites (N-methyl/N-ethyl adjacent to an activating group) is 1. The molecule has 4 rings (SSSR count). The van der Waals surface area contributed by atoms with E-state index >= 15 is 0 Å². The molecule has 1 aliphatic rings. The molecule has 1 amide bonds. The third kappa shape index (κ3) is 5.15. The fourth-order valence-electron chi connectivity index (χ4n) is 4.04. The van der Waals surface area contributed by atoms with Crippen LogP contribution in [0.5, 0.6) is 0 Å². The number of ether oxygens (including phenoxy) is 1. The summed E-state index contributed by atoms with van der Waals surface area (Å²) in [5.41, 5.74) is 10.3. The second kappa shape index (κ2) is 9.94. The predicted octanol–water partition coefficient (Wildman–Crippen LogP) is 3.63. The van der Waals surface area contributed by atoms with Crippen molar-refractivity contribution in [2.45, 2.75) is 20.0 Å². The summed E-state index contributed by atoms with van der Waals surface area (Å²) in [6.45, 7) is 6.64. The molecule has 1 aliphatic heterocycles. The number of nitrogens with zero attached hydrogens (tertiary/aromatic N) is 3. The lowest BCUT2D eigenvalue weighted by molar-refractivity contribution is -0.125. The van der Waals surface area contributed by atoms with E-state index in [1.807, 2.05) is 25.2 Å². The molecule has 1 fully saturated rings. The number of benzene rings is 2. The minimum atomic E-state index is -0.0544. The van der Waals surface area contributed by atoms with Crippen molar-refractivity contribution in [1.82, 2.24) is 14.8 Å². The van der Waals surface area contributed by atoms with Gasteiger partial charge in [-0.2, -0.15) is 0 Å². The molecule has 2 N–H and O–H groups in total. The van der Waals surface area contributed by atoms with Gasteiger partial charge in [-0.1, -0.05) is 36.4 Å². The molecular formula is C26H30N4O2. The molecule has 0 spiro atoms. The van der Waals surface area contributed by atoms with E-state index in [0.29, 0.717) is 12.4 Å². The third-order valence-electron chi connectivity index (χ3n) is 5.95. The second-order valence-corrected chi connectivity index (χ2v) is 8.32. The number of aryl methyl sites for hydroxylation is 1.